The molecule has 0 aliphatic carbocycles. The molecule has 4 aromatic rings. The van der Waals surface area contributed by atoms with Crippen molar-refractivity contribution < 1.29 is 14.3 Å². The lowest BCUT2D eigenvalue weighted by Crippen LogP contribution is -2.50. The Balaban J connectivity index is 1.31. The lowest BCUT2D eigenvalue weighted by molar-refractivity contribution is 0.0240. The van der Waals surface area contributed by atoms with Gasteiger partial charge in [0.25, 0.3) is 0 Å². The number of fused-ring (bicyclic) bond motifs is 1. The molecule has 11 heteroatoms. The number of carbonyl (C=O) groups excluding carboxylic acids is 1. The number of rotatable bonds is 5. The first-order chi connectivity index (χ1) is 18.2. The molecular weight excluding hydrogens is 506 g/mol. The van der Waals surface area contributed by atoms with Gasteiger partial charge < -0.3 is 24.6 Å². The second-order valence-electron chi connectivity index (χ2n) is 9.75. The number of hydrogen-bond acceptors (Lipinski definition) is 9. The van der Waals surface area contributed by atoms with Crippen LogP contribution in [0.5, 0.6) is 11.5 Å². The van der Waals surface area contributed by atoms with E-state index in [1.165, 1.54) is 6.33 Å². The maximum Gasteiger partial charge on any atom is 0.410 e. The lowest BCUT2D eigenvalue weighted by atomic mass is 10.2. The fraction of sp³-hybridized carbons (Fsp3) is 0.296. The van der Waals surface area contributed by atoms with Gasteiger partial charge in [0.2, 0.25) is 0 Å². The Hall–Kier alpha value is -4.18. The van der Waals surface area contributed by atoms with Crippen LogP contribution in [-0.2, 0) is 4.74 Å². The highest BCUT2D eigenvalue weighted by Crippen LogP contribution is 2.31. The molecule has 1 saturated heterocycles. The van der Waals surface area contributed by atoms with Crippen molar-refractivity contribution in [3.8, 4) is 11.5 Å². The van der Waals surface area contributed by atoms with Gasteiger partial charge in [-0.2, -0.15) is 0 Å². The van der Waals surface area contributed by atoms with Gasteiger partial charge in [-0.05, 0) is 45.0 Å². The lowest BCUT2D eigenvalue weighted by Gasteiger charge is -2.36. The van der Waals surface area contributed by atoms with Gasteiger partial charge in [-0.1, -0.05) is 29.8 Å². The van der Waals surface area contributed by atoms with Crippen molar-refractivity contribution in [1.82, 2.24) is 24.8 Å². The molecule has 0 radical (unpaired) electrons. The SMILES string of the molecule is CC(C)(C)OC(=O)N1CCN(c2ccc3ncnc(Nc4cc(Cl)c(Oc5ccccc5)cn4)c3n2)CC1. The zero-order valence-electron chi connectivity index (χ0n) is 21.4. The summed E-state index contributed by atoms with van der Waals surface area (Å²) in [6, 6.07) is 14.9. The van der Waals surface area contributed by atoms with E-state index in [1.807, 2.05) is 63.2 Å². The average Bonchev–Trinajstić information content (AvgIpc) is 2.90. The largest absolute Gasteiger partial charge is 0.454 e. The van der Waals surface area contributed by atoms with Crippen LogP contribution < -0.4 is 15.0 Å². The second kappa shape index (κ2) is 10.7. The Morgan fingerprint density at radius 2 is 1.76 bits per heavy atom. The van der Waals surface area contributed by atoms with Gasteiger partial charge in [-0.15, -0.1) is 0 Å². The number of ether oxygens (including phenoxy) is 2. The summed E-state index contributed by atoms with van der Waals surface area (Å²) in [6.07, 6.45) is 2.74. The third kappa shape index (κ3) is 6.03. The van der Waals surface area contributed by atoms with Crippen molar-refractivity contribution in [1.29, 1.82) is 0 Å². The predicted octanol–water partition coefficient (Wildman–Crippen LogP) is 5.67. The molecular formula is C27H28ClN7O3. The van der Waals surface area contributed by atoms with Gasteiger partial charge in [-0.3, -0.25) is 0 Å². The summed E-state index contributed by atoms with van der Waals surface area (Å²) in [6.45, 7) is 7.96. The van der Waals surface area contributed by atoms with Gasteiger partial charge in [0.15, 0.2) is 11.6 Å². The summed E-state index contributed by atoms with van der Waals surface area (Å²) >= 11 is 6.46. The molecule has 0 saturated carbocycles. The van der Waals surface area contributed by atoms with Crippen molar-refractivity contribution in [2.75, 3.05) is 36.4 Å². The van der Waals surface area contributed by atoms with Crippen LogP contribution in [0.1, 0.15) is 20.8 Å². The number of halogens is 1. The van der Waals surface area contributed by atoms with Crippen LogP contribution in [0.4, 0.5) is 22.2 Å². The maximum atomic E-state index is 12.4. The van der Waals surface area contributed by atoms with E-state index in [2.05, 4.69) is 25.2 Å². The molecule has 10 nitrogen and oxygen atoms in total. The summed E-state index contributed by atoms with van der Waals surface area (Å²) in [5.74, 6) is 2.89. The number of nitrogens with zero attached hydrogens (tertiary/aromatic N) is 6. The van der Waals surface area contributed by atoms with Gasteiger partial charge in [0.1, 0.15) is 34.8 Å². The van der Waals surface area contributed by atoms with Crippen molar-refractivity contribution in [3.05, 3.63) is 66.1 Å². The molecule has 1 aromatic carbocycles. The summed E-state index contributed by atoms with van der Waals surface area (Å²) in [4.78, 5) is 34.3. The molecule has 38 heavy (non-hydrogen) atoms. The zero-order chi connectivity index (χ0) is 26.7. The fourth-order valence-electron chi connectivity index (χ4n) is 3.94. The number of aromatic nitrogens is 4. The predicted molar refractivity (Wildman–Crippen MR) is 146 cm³/mol. The Kier molecular flexibility index (Phi) is 7.15. The van der Waals surface area contributed by atoms with Crippen LogP contribution in [0.2, 0.25) is 5.02 Å². The van der Waals surface area contributed by atoms with E-state index in [1.54, 1.807) is 17.2 Å². The second-order valence-corrected chi connectivity index (χ2v) is 10.2. The van der Waals surface area contributed by atoms with E-state index in [0.29, 0.717) is 65.4 Å². The van der Waals surface area contributed by atoms with E-state index >= 15 is 0 Å². The third-order valence-corrected chi connectivity index (χ3v) is 6.06. The van der Waals surface area contributed by atoms with E-state index in [-0.39, 0.29) is 6.09 Å². The van der Waals surface area contributed by atoms with E-state index in [0.717, 1.165) is 5.82 Å². The van der Waals surface area contributed by atoms with E-state index < -0.39 is 5.60 Å². The first-order valence-corrected chi connectivity index (χ1v) is 12.6. The third-order valence-electron chi connectivity index (χ3n) is 5.76. The summed E-state index contributed by atoms with van der Waals surface area (Å²) in [5.41, 5.74) is 0.766. The van der Waals surface area contributed by atoms with Crippen LogP contribution in [0, 0.1) is 0 Å². The number of pyridine rings is 2. The highest BCUT2D eigenvalue weighted by atomic mass is 35.5. The number of anilines is 3. The van der Waals surface area contributed by atoms with E-state index in [4.69, 9.17) is 26.1 Å². The van der Waals surface area contributed by atoms with Gasteiger partial charge in [-0.25, -0.2) is 24.7 Å². The molecule has 1 aliphatic rings. The van der Waals surface area contributed by atoms with Gasteiger partial charge in [0.05, 0.1) is 16.7 Å². The molecule has 1 amide bonds. The minimum Gasteiger partial charge on any atom is -0.454 e. The van der Waals surface area contributed by atoms with Crippen molar-refractivity contribution >= 4 is 46.2 Å². The van der Waals surface area contributed by atoms with E-state index in [9.17, 15) is 4.79 Å². The van der Waals surface area contributed by atoms with Crippen LogP contribution in [0.15, 0.2) is 61.1 Å². The van der Waals surface area contributed by atoms with Gasteiger partial charge >= 0.3 is 6.09 Å². The minimum atomic E-state index is -0.522. The summed E-state index contributed by atoms with van der Waals surface area (Å²) < 4.78 is 11.3. The molecule has 3 aromatic heterocycles. The van der Waals surface area contributed by atoms with Gasteiger partial charge in [0, 0.05) is 32.2 Å². The van der Waals surface area contributed by atoms with Crippen LogP contribution in [0.25, 0.3) is 11.0 Å². The Morgan fingerprint density at radius 3 is 2.47 bits per heavy atom. The summed E-state index contributed by atoms with van der Waals surface area (Å²) in [7, 11) is 0. The fourth-order valence-corrected chi connectivity index (χ4v) is 4.13. The first kappa shape index (κ1) is 25.5. The molecule has 1 fully saturated rings. The molecule has 196 valence electrons. The van der Waals surface area contributed by atoms with Crippen LogP contribution >= 0.6 is 11.6 Å². The van der Waals surface area contributed by atoms with Crippen molar-refractivity contribution in [2.45, 2.75) is 26.4 Å². The average molecular weight is 534 g/mol. The zero-order valence-corrected chi connectivity index (χ0v) is 22.1. The number of para-hydroxylation sites is 1. The molecule has 0 atom stereocenters. The quantitative estimate of drug-likeness (QED) is 0.347. The number of carbonyl (C=O) groups is 1. The minimum absolute atomic E-state index is 0.296. The standard InChI is InChI=1S/C27H28ClN7O3/c1-27(2,3)38-26(36)35-13-11-34(12-14-35)23-10-9-20-24(33-23)25(31-17-30-20)32-22-15-19(28)21(16-29-22)37-18-7-5-4-6-8-18/h4-10,15-17H,11-14H2,1-3H3,(H,29,30,31,32). The summed E-state index contributed by atoms with van der Waals surface area (Å²) in [5, 5.41) is 3.60. The highest BCUT2D eigenvalue weighted by Gasteiger charge is 2.26. The normalized spacial score (nSPS) is 13.9. The van der Waals surface area contributed by atoms with Crippen molar-refractivity contribution in [2.24, 2.45) is 0 Å². The molecule has 5 rings (SSSR count). The smallest absolute Gasteiger partial charge is 0.410 e. The monoisotopic (exact) mass is 533 g/mol. The highest BCUT2D eigenvalue weighted by molar-refractivity contribution is 6.32. The number of piperazine rings is 1. The number of hydrogen-bond donors (Lipinski definition) is 1. The number of amides is 1. The number of benzene rings is 1. The molecule has 1 aliphatic heterocycles. The van der Waals surface area contributed by atoms with Crippen LogP contribution in [0.3, 0.4) is 0 Å². The Morgan fingerprint density at radius 1 is 1.00 bits per heavy atom. The van der Waals surface area contributed by atoms with Crippen molar-refractivity contribution in [3.63, 3.8) is 0 Å². The topological polar surface area (TPSA) is 106 Å². The Labute approximate surface area is 225 Å². The first-order valence-electron chi connectivity index (χ1n) is 12.3. The number of nitrogens with one attached hydrogen (secondary N) is 1. The molecule has 1 N–H and O–H groups in total. The molecule has 0 bridgehead atoms. The molecule has 0 spiro atoms. The molecule has 4 heterocycles. The van der Waals surface area contributed by atoms with Crippen LogP contribution in [-0.4, -0.2) is 62.7 Å². The molecule has 0 unspecified atom stereocenters. The maximum absolute atomic E-state index is 12.4. The Bertz CT molecular complexity index is 1440.